The molecule has 1 heterocycles. The second kappa shape index (κ2) is 10.0. The van der Waals surface area contributed by atoms with Crippen LogP contribution in [0.25, 0.3) is 10.6 Å². The van der Waals surface area contributed by atoms with E-state index in [9.17, 15) is 9.59 Å². The Labute approximate surface area is 163 Å². The lowest BCUT2D eigenvalue weighted by atomic mass is 9.96. The Bertz CT molecular complexity index is 744. The Hall–Kier alpha value is -2.48. The molecule has 3 amide bonds. The fourth-order valence-corrected chi connectivity index (χ4v) is 3.85. The lowest BCUT2D eigenvalue weighted by Crippen LogP contribution is -2.43. The van der Waals surface area contributed by atoms with Crippen molar-refractivity contribution in [1.29, 1.82) is 0 Å². The van der Waals surface area contributed by atoms with E-state index < -0.39 is 0 Å². The van der Waals surface area contributed by atoms with Gasteiger partial charge in [0.1, 0.15) is 5.01 Å². The lowest BCUT2D eigenvalue weighted by molar-refractivity contribution is -0.116. The summed E-state index contributed by atoms with van der Waals surface area (Å²) in [7, 11) is 0. The van der Waals surface area contributed by atoms with Crippen molar-refractivity contribution in [3.8, 4) is 10.6 Å². The third kappa shape index (κ3) is 6.32. The van der Waals surface area contributed by atoms with Gasteiger partial charge in [0.25, 0.3) is 0 Å². The Balaban J connectivity index is 1.33. The van der Waals surface area contributed by atoms with Crippen LogP contribution in [0.1, 0.15) is 44.9 Å². The van der Waals surface area contributed by atoms with Gasteiger partial charge in [-0.15, -0.1) is 10.2 Å². The van der Waals surface area contributed by atoms with Gasteiger partial charge in [-0.3, -0.25) is 4.79 Å². The zero-order valence-corrected chi connectivity index (χ0v) is 16.1. The highest BCUT2D eigenvalue weighted by molar-refractivity contribution is 7.18. The molecule has 0 bridgehead atoms. The Morgan fingerprint density at radius 3 is 2.63 bits per heavy atom. The van der Waals surface area contributed by atoms with Crippen molar-refractivity contribution >= 4 is 28.4 Å². The first-order chi connectivity index (χ1) is 13.2. The minimum Gasteiger partial charge on any atom is -0.338 e. The molecule has 144 valence electrons. The molecule has 3 N–H and O–H groups in total. The van der Waals surface area contributed by atoms with Crippen molar-refractivity contribution in [2.24, 2.45) is 0 Å². The largest absolute Gasteiger partial charge is 0.338 e. The number of carbonyl (C=O) groups excluding carboxylic acids is 2. The highest BCUT2D eigenvalue weighted by Crippen LogP contribution is 2.25. The summed E-state index contributed by atoms with van der Waals surface area (Å²) < 4.78 is 0. The second-order valence-electron chi connectivity index (χ2n) is 6.67. The van der Waals surface area contributed by atoms with E-state index in [4.69, 9.17) is 0 Å². The molecule has 0 radical (unpaired) electrons. The average molecular weight is 388 g/mol. The number of rotatable bonds is 7. The normalized spacial score (nSPS) is 14.5. The van der Waals surface area contributed by atoms with Crippen LogP contribution in [0.4, 0.5) is 9.93 Å². The SMILES string of the molecule is O=C(CCCNC(=O)NC1CCCCC1)Nc1nnc(-c2ccccc2)s1. The maximum atomic E-state index is 12.0. The number of carbonyl (C=O) groups is 2. The fourth-order valence-electron chi connectivity index (χ4n) is 3.09. The Morgan fingerprint density at radius 1 is 1.07 bits per heavy atom. The van der Waals surface area contributed by atoms with Crippen LogP contribution in [-0.4, -0.2) is 34.7 Å². The van der Waals surface area contributed by atoms with Gasteiger partial charge in [0.05, 0.1) is 0 Å². The van der Waals surface area contributed by atoms with Gasteiger partial charge in [-0.2, -0.15) is 0 Å². The van der Waals surface area contributed by atoms with Crippen LogP contribution < -0.4 is 16.0 Å². The summed E-state index contributed by atoms with van der Waals surface area (Å²) in [6.07, 6.45) is 6.64. The molecule has 27 heavy (non-hydrogen) atoms. The molecule has 7 nitrogen and oxygen atoms in total. The van der Waals surface area contributed by atoms with E-state index in [1.165, 1.54) is 30.6 Å². The zero-order valence-electron chi connectivity index (χ0n) is 15.2. The molecule has 8 heteroatoms. The molecule has 3 rings (SSSR count). The van der Waals surface area contributed by atoms with Crippen LogP contribution in [0, 0.1) is 0 Å². The molecule has 0 aliphatic heterocycles. The lowest BCUT2D eigenvalue weighted by Gasteiger charge is -2.22. The number of aromatic nitrogens is 2. The van der Waals surface area contributed by atoms with Gasteiger partial charge in [-0.05, 0) is 19.3 Å². The van der Waals surface area contributed by atoms with E-state index in [0.29, 0.717) is 30.6 Å². The molecule has 0 unspecified atom stereocenters. The first-order valence-corrected chi connectivity index (χ1v) is 10.3. The standard InChI is InChI=1S/C19H25N5O2S/c25-16(12-7-13-20-18(26)21-15-10-5-2-6-11-15)22-19-24-23-17(27-19)14-8-3-1-4-9-14/h1,3-4,8-9,15H,2,5-7,10-13H2,(H2,20,21,26)(H,22,24,25). The van der Waals surface area contributed by atoms with Crippen molar-refractivity contribution in [2.45, 2.75) is 51.0 Å². The number of anilines is 1. The van der Waals surface area contributed by atoms with Gasteiger partial charge >= 0.3 is 6.03 Å². The number of hydrogen-bond donors (Lipinski definition) is 3. The molecule has 0 atom stereocenters. The Morgan fingerprint density at radius 2 is 1.85 bits per heavy atom. The zero-order chi connectivity index (χ0) is 18.9. The van der Waals surface area contributed by atoms with E-state index in [0.717, 1.165) is 23.4 Å². The van der Waals surface area contributed by atoms with Crippen LogP contribution in [0.5, 0.6) is 0 Å². The van der Waals surface area contributed by atoms with Crippen molar-refractivity contribution < 1.29 is 9.59 Å². The summed E-state index contributed by atoms with van der Waals surface area (Å²) in [5.41, 5.74) is 0.976. The monoisotopic (exact) mass is 387 g/mol. The third-order valence-electron chi connectivity index (χ3n) is 4.50. The number of nitrogens with one attached hydrogen (secondary N) is 3. The summed E-state index contributed by atoms with van der Waals surface area (Å²) in [5.74, 6) is -0.125. The predicted octanol–water partition coefficient (Wildman–Crippen LogP) is 3.56. The van der Waals surface area contributed by atoms with Crippen LogP contribution in [0.3, 0.4) is 0 Å². The van der Waals surface area contributed by atoms with Crippen molar-refractivity contribution in [1.82, 2.24) is 20.8 Å². The highest BCUT2D eigenvalue weighted by Gasteiger charge is 2.15. The van der Waals surface area contributed by atoms with Gasteiger partial charge in [-0.25, -0.2) is 4.79 Å². The summed E-state index contributed by atoms with van der Waals surface area (Å²) >= 11 is 1.34. The molecule has 0 spiro atoms. The predicted molar refractivity (Wildman–Crippen MR) is 107 cm³/mol. The molecule has 1 fully saturated rings. The van der Waals surface area contributed by atoms with Crippen LogP contribution in [0.15, 0.2) is 30.3 Å². The van der Waals surface area contributed by atoms with Crippen LogP contribution in [-0.2, 0) is 4.79 Å². The summed E-state index contributed by atoms with van der Waals surface area (Å²) in [4.78, 5) is 23.9. The van der Waals surface area contributed by atoms with Crippen LogP contribution >= 0.6 is 11.3 Å². The molecule has 0 saturated heterocycles. The number of benzene rings is 1. The fraction of sp³-hybridized carbons (Fsp3) is 0.474. The summed E-state index contributed by atoms with van der Waals surface area (Å²) in [6, 6.07) is 9.87. The smallest absolute Gasteiger partial charge is 0.315 e. The first-order valence-electron chi connectivity index (χ1n) is 9.44. The van der Waals surface area contributed by atoms with Gasteiger partial charge < -0.3 is 16.0 Å². The van der Waals surface area contributed by atoms with Crippen molar-refractivity contribution in [2.75, 3.05) is 11.9 Å². The molecular formula is C19H25N5O2S. The summed E-state index contributed by atoms with van der Waals surface area (Å²) in [6.45, 7) is 0.470. The molecule has 1 aromatic carbocycles. The average Bonchev–Trinajstić information content (AvgIpc) is 3.15. The molecule has 2 aromatic rings. The van der Waals surface area contributed by atoms with Crippen molar-refractivity contribution in [3.05, 3.63) is 30.3 Å². The maximum absolute atomic E-state index is 12.0. The molecule has 1 aromatic heterocycles. The van der Waals surface area contributed by atoms with E-state index in [2.05, 4.69) is 26.1 Å². The van der Waals surface area contributed by atoms with Gasteiger partial charge in [0.2, 0.25) is 11.0 Å². The topological polar surface area (TPSA) is 96.0 Å². The molecular weight excluding hydrogens is 362 g/mol. The summed E-state index contributed by atoms with van der Waals surface area (Å²) in [5, 5.41) is 18.0. The van der Waals surface area contributed by atoms with E-state index >= 15 is 0 Å². The molecule has 1 saturated carbocycles. The first kappa shape index (κ1) is 19.3. The van der Waals surface area contributed by atoms with Gasteiger partial charge in [0, 0.05) is 24.6 Å². The van der Waals surface area contributed by atoms with E-state index in [-0.39, 0.29) is 11.9 Å². The van der Waals surface area contributed by atoms with Gasteiger partial charge in [0.15, 0.2) is 0 Å². The molecule has 1 aliphatic carbocycles. The Kier molecular flexibility index (Phi) is 7.15. The minimum absolute atomic E-state index is 0.125. The number of hydrogen-bond acceptors (Lipinski definition) is 5. The minimum atomic E-state index is -0.140. The van der Waals surface area contributed by atoms with Crippen LogP contribution in [0.2, 0.25) is 0 Å². The van der Waals surface area contributed by atoms with Gasteiger partial charge in [-0.1, -0.05) is 60.9 Å². The maximum Gasteiger partial charge on any atom is 0.315 e. The number of amides is 3. The van der Waals surface area contributed by atoms with E-state index in [1.807, 2.05) is 30.3 Å². The highest BCUT2D eigenvalue weighted by atomic mass is 32.1. The third-order valence-corrected chi connectivity index (χ3v) is 5.39. The number of urea groups is 1. The quantitative estimate of drug-likeness (QED) is 0.633. The number of nitrogens with zero attached hydrogens (tertiary/aromatic N) is 2. The molecule has 1 aliphatic rings. The van der Waals surface area contributed by atoms with E-state index in [1.54, 1.807) is 0 Å². The van der Waals surface area contributed by atoms with Crippen molar-refractivity contribution in [3.63, 3.8) is 0 Å². The second-order valence-corrected chi connectivity index (χ2v) is 7.64.